The lowest BCUT2D eigenvalue weighted by molar-refractivity contribution is 0.0152. The van der Waals surface area contributed by atoms with Crippen LogP contribution in [-0.2, 0) is 11.3 Å². The molecule has 0 radical (unpaired) electrons. The number of anilines is 1. The van der Waals surface area contributed by atoms with Crippen LogP contribution in [0.4, 0.5) is 10.5 Å². The van der Waals surface area contributed by atoms with Crippen molar-refractivity contribution < 1.29 is 14.3 Å². The molecule has 2 aromatic carbocycles. The first-order chi connectivity index (χ1) is 14.5. The van der Waals surface area contributed by atoms with Gasteiger partial charge in [0.15, 0.2) is 5.11 Å². The van der Waals surface area contributed by atoms with E-state index in [1.54, 1.807) is 12.0 Å². The number of para-hydroxylation sites is 2. The lowest BCUT2D eigenvalue weighted by atomic mass is 9.91. The van der Waals surface area contributed by atoms with Crippen LogP contribution in [0, 0.1) is 0 Å². The van der Waals surface area contributed by atoms with E-state index in [2.05, 4.69) is 26.1 Å². The summed E-state index contributed by atoms with van der Waals surface area (Å²) in [4.78, 5) is 16.4. The Labute approximate surface area is 190 Å². The highest BCUT2D eigenvalue weighted by atomic mass is 79.9. The zero-order chi connectivity index (χ0) is 21.1. The van der Waals surface area contributed by atoms with Gasteiger partial charge in [0.05, 0.1) is 19.3 Å². The van der Waals surface area contributed by atoms with Crippen molar-refractivity contribution in [2.45, 2.75) is 25.0 Å². The average Bonchev–Trinajstić information content (AvgIpc) is 3.03. The van der Waals surface area contributed by atoms with Crippen molar-refractivity contribution in [3.8, 4) is 5.75 Å². The zero-order valence-electron chi connectivity index (χ0n) is 16.8. The monoisotopic (exact) mass is 489 g/mol. The number of likely N-dealkylation sites (tertiary alicyclic amines) is 1. The summed E-state index contributed by atoms with van der Waals surface area (Å²) >= 11 is 9.09. The molecule has 2 aliphatic rings. The zero-order valence-corrected chi connectivity index (χ0v) is 19.2. The fraction of sp³-hybridized carbons (Fsp3) is 0.364. The second-order valence-corrected chi connectivity index (χ2v) is 8.96. The van der Waals surface area contributed by atoms with Crippen molar-refractivity contribution in [1.82, 2.24) is 9.80 Å². The first kappa shape index (κ1) is 20.9. The second-order valence-electron chi connectivity index (χ2n) is 7.65. The summed E-state index contributed by atoms with van der Waals surface area (Å²) in [6.45, 7) is 2.63. The van der Waals surface area contributed by atoms with E-state index in [0.29, 0.717) is 18.2 Å². The Morgan fingerprint density at radius 1 is 1.23 bits per heavy atom. The molecule has 2 aromatic rings. The molecule has 0 bridgehead atoms. The van der Waals surface area contributed by atoms with Crippen LogP contribution < -0.4 is 10.1 Å². The molecule has 0 aromatic heterocycles. The Hall–Kier alpha value is -2.32. The summed E-state index contributed by atoms with van der Waals surface area (Å²) in [5, 5.41) is 3.93. The van der Waals surface area contributed by atoms with Crippen LogP contribution in [0.3, 0.4) is 0 Å². The van der Waals surface area contributed by atoms with Gasteiger partial charge in [-0.2, -0.15) is 0 Å². The van der Waals surface area contributed by atoms with Gasteiger partial charge in [-0.3, -0.25) is 4.90 Å². The molecule has 0 aliphatic carbocycles. The Morgan fingerprint density at radius 3 is 2.73 bits per heavy atom. The van der Waals surface area contributed by atoms with Gasteiger partial charge in [0.25, 0.3) is 0 Å². The van der Waals surface area contributed by atoms with E-state index in [9.17, 15) is 4.79 Å². The van der Waals surface area contributed by atoms with Crippen molar-refractivity contribution in [2.75, 3.05) is 32.1 Å². The molecule has 158 valence electrons. The van der Waals surface area contributed by atoms with Crippen LogP contribution in [0.2, 0.25) is 0 Å². The van der Waals surface area contributed by atoms with Crippen molar-refractivity contribution in [3.05, 3.63) is 58.6 Å². The predicted octanol–water partition coefficient (Wildman–Crippen LogP) is 4.64. The maximum absolute atomic E-state index is 12.5. The quantitative estimate of drug-likeness (QED) is 0.631. The smallest absolute Gasteiger partial charge is 0.410 e. The standard InChI is InChI=1S/C22H24BrN3O3S/c1-28-19-8-3-2-7-18(19)24-20(30)25-11-9-22(10-12-25)15-26(21(27)29-22)14-16-5-4-6-17(23)13-16/h2-8,13H,9-12,14-15H2,1H3,(H,24,30). The molecule has 6 nitrogen and oxygen atoms in total. The second kappa shape index (κ2) is 8.81. The van der Waals surface area contributed by atoms with Gasteiger partial charge in [0.1, 0.15) is 11.4 Å². The van der Waals surface area contributed by atoms with Crippen LogP contribution in [0.25, 0.3) is 0 Å². The third kappa shape index (κ3) is 4.54. The van der Waals surface area contributed by atoms with Crippen molar-refractivity contribution in [3.63, 3.8) is 0 Å². The van der Waals surface area contributed by atoms with E-state index < -0.39 is 5.60 Å². The number of carbonyl (C=O) groups excluding carboxylic acids is 1. The minimum absolute atomic E-state index is 0.238. The summed E-state index contributed by atoms with van der Waals surface area (Å²) in [6.07, 6.45) is 1.27. The van der Waals surface area contributed by atoms with Gasteiger partial charge in [-0.1, -0.05) is 40.2 Å². The van der Waals surface area contributed by atoms with Crippen LogP contribution >= 0.6 is 28.1 Å². The SMILES string of the molecule is COc1ccccc1NC(=S)N1CCC2(CC1)CN(Cc1cccc(Br)c1)C(=O)O2. The van der Waals surface area contributed by atoms with E-state index in [1.165, 1.54) is 0 Å². The van der Waals surface area contributed by atoms with E-state index in [0.717, 1.165) is 47.4 Å². The molecular formula is C22H24BrN3O3S. The number of thiocarbonyl (C=S) groups is 1. The van der Waals surface area contributed by atoms with Gasteiger partial charge < -0.3 is 19.7 Å². The summed E-state index contributed by atoms with van der Waals surface area (Å²) in [6, 6.07) is 15.7. The maximum atomic E-state index is 12.5. The van der Waals surface area contributed by atoms with Crippen molar-refractivity contribution in [2.24, 2.45) is 0 Å². The molecule has 2 fully saturated rings. The van der Waals surface area contributed by atoms with Gasteiger partial charge in [-0.05, 0) is 42.0 Å². The molecule has 2 saturated heterocycles. The Morgan fingerprint density at radius 2 is 2.00 bits per heavy atom. The molecule has 4 rings (SSSR count). The lowest BCUT2D eigenvalue weighted by Crippen LogP contribution is -2.49. The molecule has 1 N–H and O–H groups in total. The molecule has 0 atom stereocenters. The topological polar surface area (TPSA) is 54.0 Å². The number of hydrogen-bond donors (Lipinski definition) is 1. The van der Waals surface area contributed by atoms with E-state index >= 15 is 0 Å². The number of nitrogens with one attached hydrogen (secondary N) is 1. The molecular weight excluding hydrogens is 466 g/mol. The van der Waals surface area contributed by atoms with E-state index in [-0.39, 0.29) is 6.09 Å². The number of methoxy groups -OCH3 is 1. The third-order valence-corrected chi connectivity index (χ3v) is 6.47. The molecule has 30 heavy (non-hydrogen) atoms. The highest BCUT2D eigenvalue weighted by Crippen LogP contribution is 2.34. The summed E-state index contributed by atoms with van der Waals surface area (Å²) in [7, 11) is 1.64. The molecule has 0 unspecified atom stereocenters. The van der Waals surface area contributed by atoms with Gasteiger partial charge in [-0.25, -0.2) is 4.79 Å². The Kier molecular flexibility index (Phi) is 6.15. The number of rotatable bonds is 4. The molecule has 2 heterocycles. The van der Waals surface area contributed by atoms with Gasteiger partial charge in [0.2, 0.25) is 0 Å². The average molecular weight is 490 g/mol. The Balaban J connectivity index is 1.34. The molecule has 1 spiro atoms. The molecule has 2 aliphatic heterocycles. The van der Waals surface area contributed by atoms with Gasteiger partial charge in [-0.15, -0.1) is 0 Å². The normalized spacial score (nSPS) is 17.7. The highest BCUT2D eigenvalue weighted by Gasteiger charge is 2.47. The number of halogens is 1. The number of ether oxygens (including phenoxy) is 2. The molecule has 1 amide bonds. The van der Waals surface area contributed by atoms with E-state index in [1.807, 2.05) is 48.5 Å². The number of carbonyl (C=O) groups is 1. The van der Waals surface area contributed by atoms with Crippen LogP contribution in [0.1, 0.15) is 18.4 Å². The lowest BCUT2D eigenvalue weighted by Gasteiger charge is -2.38. The fourth-order valence-electron chi connectivity index (χ4n) is 3.99. The third-order valence-electron chi connectivity index (χ3n) is 5.61. The minimum atomic E-state index is -0.431. The van der Waals surface area contributed by atoms with Gasteiger partial charge in [0, 0.05) is 36.9 Å². The predicted molar refractivity (Wildman–Crippen MR) is 124 cm³/mol. The van der Waals surface area contributed by atoms with Gasteiger partial charge >= 0.3 is 6.09 Å². The summed E-state index contributed by atoms with van der Waals surface area (Å²) in [5.74, 6) is 0.751. The van der Waals surface area contributed by atoms with E-state index in [4.69, 9.17) is 21.7 Å². The number of hydrogen-bond acceptors (Lipinski definition) is 4. The number of piperidine rings is 1. The highest BCUT2D eigenvalue weighted by molar-refractivity contribution is 9.10. The number of nitrogens with zero attached hydrogens (tertiary/aromatic N) is 2. The fourth-order valence-corrected chi connectivity index (χ4v) is 4.73. The van der Waals surface area contributed by atoms with Crippen LogP contribution in [-0.4, -0.2) is 53.4 Å². The van der Waals surface area contributed by atoms with Crippen molar-refractivity contribution in [1.29, 1.82) is 0 Å². The minimum Gasteiger partial charge on any atom is -0.495 e. The maximum Gasteiger partial charge on any atom is 0.410 e. The molecule has 8 heteroatoms. The first-order valence-corrected chi connectivity index (χ1v) is 11.1. The van der Waals surface area contributed by atoms with Crippen LogP contribution in [0.5, 0.6) is 5.75 Å². The summed E-state index contributed by atoms with van der Waals surface area (Å²) < 4.78 is 12.2. The largest absolute Gasteiger partial charge is 0.495 e. The van der Waals surface area contributed by atoms with Crippen LogP contribution in [0.15, 0.2) is 53.0 Å². The summed E-state index contributed by atoms with van der Waals surface area (Å²) in [5.41, 5.74) is 1.50. The Bertz CT molecular complexity index is 947. The number of amides is 1. The first-order valence-electron chi connectivity index (χ1n) is 9.89. The number of benzene rings is 2. The van der Waals surface area contributed by atoms with Crippen molar-refractivity contribution >= 4 is 45.0 Å². The molecule has 0 saturated carbocycles.